The highest BCUT2D eigenvalue weighted by atomic mass is 16.3. The Labute approximate surface area is 322 Å². The normalized spacial score (nSPS) is 11.6. The van der Waals surface area contributed by atoms with Crippen LogP contribution in [-0.2, 0) is 12.8 Å². The molecule has 0 spiro atoms. The first kappa shape index (κ1) is 39.7. The summed E-state index contributed by atoms with van der Waals surface area (Å²) in [4.78, 5) is 0. The lowest BCUT2D eigenvalue weighted by Crippen LogP contribution is -2.13. The highest BCUT2D eigenvalue weighted by molar-refractivity contribution is 5.52. The van der Waals surface area contributed by atoms with Crippen LogP contribution in [0.5, 0.6) is 23.0 Å². The molecule has 0 amide bonds. The maximum atomic E-state index is 10.4. The van der Waals surface area contributed by atoms with Crippen LogP contribution >= 0.6 is 0 Å². The predicted octanol–water partition coefficient (Wildman–Crippen LogP) is 12.2. The molecule has 0 saturated carbocycles. The lowest BCUT2D eigenvalue weighted by Gasteiger charge is -2.29. The number of aromatic hydroxyl groups is 4. The minimum Gasteiger partial charge on any atom is -0.508 e. The van der Waals surface area contributed by atoms with Gasteiger partial charge in [0, 0.05) is 11.8 Å². The fourth-order valence-electron chi connectivity index (χ4n) is 7.64. The molecule has 0 fully saturated rings. The van der Waals surface area contributed by atoms with Crippen LogP contribution in [0.4, 0.5) is 0 Å². The van der Waals surface area contributed by atoms with Gasteiger partial charge in [0.25, 0.3) is 0 Å². The molecule has 6 aromatic carbocycles. The van der Waals surface area contributed by atoms with Crippen molar-refractivity contribution >= 4 is 0 Å². The number of hydrogen-bond donors (Lipinski definition) is 4. The maximum Gasteiger partial charge on any atom is 0.118 e. The Hall–Kier alpha value is -5.48. The van der Waals surface area contributed by atoms with Gasteiger partial charge in [0.05, 0.1) is 0 Å². The molecular formula is C50H56O4. The summed E-state index contributed by atoms with van der Waals surface area (Å²) in [6, 6.07) is 37.0. The third-order valence-electron chi connectivity index (χ3n) is 11.0. The van der Waals surface area contributed by atoms with Crippen molar-refractivity contribution in [3.63, 3.8) is 0 Å². The second-order valence-electron chi connectivity index (χ2n) is 15.1. The van der Waals surface area contributed by atoms with Crippen LogP contribution in [0.25, 0.3) is 0 Å². The van der Waals surface area contributed by atoms with Crippen LogP contribution in [0, 0.1) is 55.4 Å². The van der Waals surface area contributed by atoms with E-state index >= 15 is 0 Å². The smallest absolute Gasteiger partial charge is 0.118 e. The molecule has 0 aromatic heterocycles. The van der Waals surface area contributed by atoms with Crippen LogP contribution in [0.1, 0.15) is 103 Å². The molecule has 0 radical (unpaired) electrons. The SMILES string of the molecule is Cc1cc(C(CC(c2cc(C)c(O)cc2C)c2cc(C)c(O)cc2C)c2ccccc2)c(C)cc1O.Cc1cc(CCCc2ccccc2)c(C)cc1O. The number of rotatable bonds is 10. The van der Waals surface area contributed by atoms with Gasteiger partial charge in [-0.15, -0.1) is 0 Å². The molecule has 4 heteroatoms. The molecule has 1 unspecified atom stereocenters. The number of phenols is 4. The fourth-order valence-corrected chi connectivity index (χ4v) is 7.64. The zero-order valence-corrected chi connectivity index (χ0v) is 33.2. The van der Waals surface area contributed by atoms with Crippen molar-refractivity contribution in [3.05, 3.63) is 187 Å². The van der Waals surface area contributed by atoms with Crippen LogP contribution in [-0.4, -0.2) is 20.4 Å². The summed E-state index contributed by atoms with van der Waals surface area (Å²) in [5, 5.41) is 40.8. The number of hydrogen-bond acceptors (Lipinski definition) is 4. The fraction of sp³-hybridized carbons (Fsp3) is 0.280. The van der Waals surface area contributed by atoms with E-state index in [9.17, 15) is 20.4 Å². The van der Waals surface area contributed by atoms with E-state index in [1.54, 1.807) is 0 Å². The molecule has 4 nitrogen and oxygen atoms in total. The van der Waals surface area contributed by atoms with E-state index in [0.717, 1.165) is 64.6 Å². The van der Waals surface area contributed by atoms with Crippen molar-refractivity contribution in [2.45, 2.75) is 92.9 Å². The minimum absolute atomic E-state index is 0.0299. The average Bonchev–Trinajstić information content (AvgIpc) is 3.14. The summed E-state index contributed by atoms with van der Waals surface area (Å²) in [5.74, 6) is 1.44. The van der Waals surface area contributed by atoms with Crippen molar-refractivity contribution in [2.75, 3.05) is 0 Å². The van der Waals surface area contributed by atoms with Crippen LogP contribution in [0.2, 0.25) is 0 Å². The van der Waals surface area contributed by atoms with Gasteiger partial charge in [-0.2, -0.15) is 0 Å². The third-order valence-corrected chi connectivity index (χ3v) is 11.0. The largest absolute Gasteiger partial charge is 0.508 e. The Balaban J connectivity index is 0.000000260. The topological polar surface area (TPSA) is 80.9 Å². The Morgan fingerprint density at radius 1 is 0.389 bits per heavy atom. The van der Waals surface area contributed by atoms with Crippen molar-refractivity contribution in [1.82, 2.24) is 0 Å². The molecule has 280 valence electrons. The highest BCUT2D eigenvalue weighted by Crippen LogP contribution is 2.44. The second-order valence-corrected chi connectivity index (χ2v) is 15.1. The minimum atomic E-state index is 0.0299. The van der Waals surface area contributed by atoms with E-state index in [2.05, 4.69) is 107 Å². The van der Waals surface area contributed by atoms with E-state index in [-0.39, 0.29) is 11.8 Å². The summed E-state index contributed by atoms with van der Waals surface area (Å²) in [6.07, 6.45) is 4.13. The van der Waals surface area contributed by atoms with Gasteiger partial charge in [0.2, 0.25) is 0 Å². The Morgan fingerprint density at radius 3 is 1.24 bits per heavy atom. The lowest BCUT2D eigenvalue weighted by molar-refractivity contribution is 0.469. The molecule has 6 rings (SSSR count). The first-order chi connectivity index (χ1) is 25.7. The summed E-state index contributed by atoms with van der Waals surface area (Å²) in [5.41, 5.74) is 15.4. The van der Waals surface area contributed by atoms with E-state index in [4.69, 9.17) is 0 Å². The van der Waals surface area contributed by atoms with Crippen molar-refractivity contribution in [1.29, 1.82) is 0 Å². The van der Waals surface area contributed by atoms with Crippen molar-refractivity contribution in [2.24, 2.45) is 0 Å². The van der Waals surface area contributed by atoms with E-state index in [0.29, 0.717) is 23.0 Å². The molecule has 4 N–H and O–H groups in total. The molecule has 0 saturated heterocycles. The summed E-state index contributed by atoms with van der Waals surface area (Å²) in [6.45, 7) is 16.0. The lowest BCUT2D eigenvalue weighted by atomic mass is 9.74. The summed E-state index contributed by atoms with van der Waals surface area (Å²) >= 11 is 0. The number of phenolic OH excluding ortho intramolecular Hbond substituents is 4. The van der Waals surface area contributed by atoms with Crippen molar-refractivity contribution < 1.29 is 20.4 Å². The van der Waals surface area contributed by atoms with Crippen LogP contribution < -0.4 is 0 Å². The van der Waals surface area contributed by atoms with E-state index in [1.807, 2.05) is 58.0 Å². The van der Waals surface area contributed by atoms with Gasteiger partial charge in [-0.05, 0) is 183 Å². The van der Waals surface area contributed by atoms with Crippen molar-refractivity contribution in [3.8, 4) is 23.0 Å². The second kappa shape index (κ2) is 17.6. The van der Waals surface area contributed by atoms with E-state index < -0.39 is 0 Å². The zero-order chi connectivity index (χ0) is 39.1. The predicted molar refractivity (Wildman–Crippen MR) is 224 cm³/mol. The van der Waals surface area contributed by atoms with Gasteiger partial charge < -0.3 is 20.4 Å². The molecule has 6 aromatic rings. The first-order valence-corrected chi connectivity index (χ1v) is 19.0. The van der Waals surface area contributed by atoms with Gasteiger partial charge in [-0.3, -0.25) is 0 Å². The maximum absolute atomic E-state index is 10.4. The Morgan fingerprint density at radius 2 is 0.778 bits per heavy atom. The van der Waals surface area contributed by atoms with Gasteiger partial charge in [-0.1, -0.05) is 84.9 Å². The number of benzene rings is 6. The Kier molecular flexibility index (Phi) is 12.9. The third kappa shape index (κ3) is 9.54. The quantitative estimate of drug-likeness (QED) is 0.114. The summed E-state index contributed by atoms with van der Waals surface area (Å²) < 4.78 is 0. The summed E-state index contributed by atoms with van der Waals surface area (Å²) in [7, 11) is 0. The molecule has 0 heterocycles. The molecule has 0 aliphatic carbocycles. The standard InChI is InChI=1S/C33H36O3.C17H20O/c1-19-15-31(34)22(4)12-26(19)29(25-10-8-7-9-11-25)18-30(27-13-23(5)32(35)16-20(27)2)28-14-24(6)33(36)17-21(28)3;1-13-12-17(18)14(2)11-16(13)10-6-9-15-7-4-3-5-8-15/h7-17,29-30,34-36H,18H2,1-6H3;3-5,7-8,11-12,18H,6,9-10H2,1-2H3. The van der Waals surface area contributed by atoms with E-state index in [1.165, 1.54) is 38.9 Å². The molecule has 0 aliphatic heterocycles. The average molecular weight is 721 g/mol. The molecule has 54 heavy (non-hydrogen) atoms. The molecule has 0 aliphatic rings. The molecular weight excluding hydrogens is 665 g/mol. The van der Waals surface area contributed by atoms with Gasteiger partial charge >= 0.3 is 0 Å². The van der Waals surface area contributed by atoms with Gasteiger partial charge in [-0.25, -0.2) is 0 Å². The van der Waals surface area contributed by atoms with Crippen LogP contribution in [0.15, 0.2) is 109 Å². The first-order valence-electron chi connectivity index (χ1n) is 19.0. The highest BCUT2D eigenvalue weighted by Gasteiger charge is 2.27. The van der Waals surface area contributed by atoms with Gasteiger partial charge in [0.1, 0.15) is 23.0 Å². The Bertz CT molecular complexity index is 2140. The van der Waals surface area contributed by atoms with Crippen LogP contribution in [0.3, 0.4) is 0 Å². The molecule has 1 atom stereocenters. The monoisotopic (exact) mass is 720 g/mol. The number of aryl methyl sites for hydroxylation is 10. The van der Waals surface area contributed by atoms with Gasteiger partial charge in [0.15, 0.2) is 0 Å². The molecule has 0 bridgehead atoms. The zero-order valence-electron chi connectivity index (χ0n) is 33.2.